The van der Waals surface area contributed by atoms with Crippen molar-refractivity contribution in [1.29, 1.82) is 0 Å². The maximum Gasteiger partial charge on any atom is 0.324 e. The molecule has 30 heavy (non-hydrogen) atoms. The van der Waals surface area contributed by atoms with Gasteiger partial charge in [-0.3, -0.25) is 5.32 Å². The second-order valence-electron chi connectivity index (χ2n) is 7.95. The predicted octanol–water partition coefficient (Wildman–Crippen LogP) is 3.73. The number of rotatable bonds is 12. The van der Waals surface area contributed by atoms with Crippen LogP contribution in [0.15, 0.2) is 30.4 Å². The highest BCUT2D eigenvalue weighted by Gasteiger charge is 2.23. The number of allylic oxidation sites excluding steroid dienone is 1. The molecular weight excluding hydrogens is 387 g/mol. The zero-order chi connectivity index (χ0) is 21.3. The van der Waals surface area contributed by atoms with E-state index < -0.39 is 12.1 Å². The van der Waals surface area contributed by atoms with Crippen LogP contribution in [0, 0.1) is 11.7 Å². The molecule has 1 aromatic carbocycles. The number of halogens is 1. The monoisotopic (exact) mass is 418 g/mol. The minimum absolute atomic E-state index is 0.122. The third kappa shape index (κ3) is 7.33. The predicted molar refractivity (Wildman–Crippen MR) is 113 cm³/mol. The van der Waals surface area contributed by atoms with E-state index in [1.165, 1.54) is 18.9 Å². The molecule has 1 aromatic rings. The maximum absolute atomic E-state index is 13.9. The Balaban J connectivity index is 1.29. The molecule has 2 fully saturated rings. The van der Waals surface area contributed by atoms with Crippen LogP contribution >= 0.6 is 0 Å². The zero-order valence-corrected chi connectivity index (χ0v) is 17.4. The highest BCUT2D eigenvalue weighted by atomic mass is 19.1. The number of urea groups is 2. The molecule has 7 nitrogen and oxygen atoms in total. The molecule has 4 N–H and O–H groups in total. The van der Waals surface area contributed by atoms with Gasteiger partial charge < -0.3 is 20.7 Å². The summed E-state index contributed by atoms with van der Waals surface area (Å²) in [6.07, 6.45) is 9.56. The van der Waals surface area contributed by atoms with Crippen molar-refractivity contribution in [3.8, 4) is 5.75 Å². The largest absolute Gasteiger partial charge is 0.490 e. The van der Waals surface area contributed by atoms with Crippen molar-refractivity contribution in [1.82, 2.24) is 21.3 Å². The summed E-state index contributed by atoms with van der Waals surface area (Å²) in [7, 11) is 0. The number of amides is 4. The summed E-state index contributed by atoms with van der Waals surface area (Å²) in [5.41, 5.74) is 1.02. The average molecular weight is 419 g/mol. The first-order valence-corrected chi connectivity index (χ1v) is 10.7. The summed E-state index contributed by atoms with van der Waals surface area (Å²) in [5, 5.41) is 10.9. The highest BCUT2D eigenvalue weighted by molar-refractivity contribution is 5.95. The summed E-state index contributed by atoms with van der Waals surface area (Å²) >= 11 is 0. The van der Waals surface area contributed by atoms with E-state index in [-0.39, 0.29) is 18.0 Å². The lowest BCUT2D eigenvalue weighted by Gasteiger charge is -2.23. The van der Waals surface area contributed by atoms with Gasteiger partial charge in [0.15, 0.2) is 11.6 Å². The van der Waals surface area contributed by atoms with E-state index in [1.54, 1.807) is 12.1 Å². The number of hydrogen-bond acceptors (Lipinski definition) is 4. The number of unbranched alkanes of at least 4 members (excludes halogenated alkanes) is 2. The fourth-order valence-corrected chi connectivity index (χ4v) is 3.21. The third-order valence-electron chi connectivity index (χ3n) is 5.25. The van der Waals surface area contributed by atoms with E-state index in [4.69, 9.17) is 4.74 Å². The molecule has 0 radical (unpaired) electrons. The lowest BCUT2D eigenvalue weighted by Crippen LogP contribution is -2.61. The number of imide groups is 1. The topological polar surface area (TPSA) is 91.5 Å². The van der Waals surface area contributed by atoms with Gasteiger partial charge in [-0.2, -0.15) is 0 Å². The fourth-order valence-electron chi connectivity index (χ4n) is 3.21. The lowest BCUT2D eigenvalue weighted by molar-refractivity contribution is 0.209. The Morgan fingerprint density at radius 3 is 2.70 bits per heavy atom. The van der Waals surface area contributed by atoms with Gasteiger partial charge in [-0.25, -0.2) is 14.0 Å². The number of carbonyl (C=O) groups excluding carboxylic acids is 2. The molecule has 1 saturated heterocycles. The van der Waals surface area contributed by atoms with Crippen molar-refractivity contribution in [3.05, 3.63) is 41.7 Å². The molecule has 3 rings (SSSR count). The standard InChI is InChI=1S/C22H31FN4O3/c1-15(17-10-11-18(23)19(13-17)30-14-16-8-9-16)24-12-6-4-2-3-5-7-20-25-21(28)27-22(29)26-20/h3,5,10-11,13,15-16,20,24H,2,4,6-9,12,14H2,1H3,(H3,25,26,27,28,29)/b5-3+/t15-/m1/s1. The smallest absolute Gasteiger partial charge is 0.324 e. The Morgan fingerprint density at radius 1 is 1.20 bits per heavy atom. The van der Waals surface area contributed by atoms with Gasteiger partial charge in [0, 0.05) is 12.5 Å². The Bertz CT molecular complexity index is 751. The van der Waals surface area contributed by atoms with Crippen molar-refractivity contribution in [2.24, 2.45) is 5.92 Å². The first kappa shape index (κ1) is 22.1. The van der Waals surface area contributed by atoms with E-state index in [0.29, 0.717) is 24.7 Å². The molecule has 1 saturated carbocycles. The van der Waals surface area contributed by atoms with Crippen LogP contribution in [-0.2, 0) is 0 Å². The average Bonchev–Trinajstić information content (AvgIpc) is 3.53. The normalized spacial score (nSPS) is 18.1. The van der Waals surface area contributed by atoms with E-state index >= 15 is 0 Å². The quantitative estimate of drug-likeness (QED) is 0.307. The highest BCUT2D eigenvalue weighted by Crippen LogP contribution is 2.31. The molecule has 1 heterocycles. The summed E-state index contributed by atoms with van der Waals surface area (Å²) in [6, 6.07) is 4.26. The van der Waals surface area contributed by atoms with Crippen LogP contribution in [0.3, 0.4) is 0 Å². The van der Waals surface area contributed by atoms with Crippen LogP contribution in [-0.4, -0.2) is 31.4 Å². The number of nitrogens with one attached hydrogen (secondary N) is 4. The second-order valence-corrected chi connectivity index (χ2v) is 7.95. The SMILES string of the molecule is C[C@@H](NCCCC/C=C/CC1NC(=O)NC(=O)N1)c1ccc(F)c(OCC2CC2)c1. The number of hydrogen-bond donors (Lipinski definition) is 4. The molecular formula is C22H31FN4O3. The van der Waals surface area contributed by atoms with Gasteiger partial charge in [0.25, 0.3) is 0 Å². The van der Waals surface area contributed by atoms with Crippen LogP contribution in [0.5, 0.6) is 5.75 Å². The number of ether oxygens (including phenoxy) is 1. The molecule has 0 aromatic heterocycles. The van der Waals surface area contributed by atoms with Crippen molar-refractivity contribution in [2.75, 3.05) is 13.2 Å². The van der Waals surface area contributed by atoms with Crippen LogP contribution in [0.2, 0.25) is 0 Å². The second kappa shape index (κ2) is 11.0. The van der Waals surface area contributed by atoms with Crippen LogP contribution in [0.1, 0.15) is 57.1 Å². The summed E-state index contributed by atoms with van der Waals surface area (Å²) in [6.45, 7) is 3.54. The van der Waals surface area contributed by atoms with Gasteiger partial charge in [-0.15, -0.1) is 0 Å². The molecule has 2 aliphatic rings. The Labute approximate surface area is 176 Å². The minimum atomic E-state index is -0.472. The lowest BCUT2D eigenvalue weighted by atomic mass is 10.1. The Morgan fingerprint density at radius 2 is 1.97 bits per heavy atom. The van der Waals surface area contributed by atoms with Crippen molar-refractivity contribution < 1.29 is 18.7 Å². The van der Waals surface area contributed by atoms with Gasteiger partial charge in [-0.1, -0.05) is 18.2 Å². The van der Waals surface area contributed by atoms with E-state index in [1.807, 2.05) is 6.08 Å². The molecule has 1 aliphatic heterocycles. The molecule has 4 amide bonds. The van der Waals surface area contributed by atoms with E-state index in [9.17, 15) is 14.0 Å². The molecule has 1 atom stereocenters. The number of carbonyl (C=O) groups is 2. The summed E-state index contributed by atoms with van der Waals surface area (Å²) in [4.78, 5) is 22.4. The molecule has 0 bridgehead atoms. The maximum atomic E-state index is 13.9. The Kier molecular flexibility index (Phi) is 8.07. The summed E-state index contributed by atoms with van der Waals surface area (Å²) < 4.78 is 19.5. The van der Waals surface area contributed by atoms with E-state index in [2.05, 4.69) is 34.3 Å². The molecule has 8 heteroatoms. The van der Waals surface area contributed by atoms with Gasteiger partial charge in [-0.05, 0) is 69.2 Å². The third-order valence-corrected chi connectivity index (χ3v) is 5.25. The van der Waals surface area contributed by atoms with Crippen molar-refractivity contribution in [2.45, 2.75) is 57.7 Å². The zero-order valence-electron chi connectivity index (χ0n) is 17.4. The molecule has 0 unspecified atom stereocenters. The van der Waals surface area contributed by atoms with E-state index in [0.717, 1.165) is 31.4 Å². The fraction of sp³-hybridized carbons (Fsp3) is 0.545. The van der Waals surface area contributed by atoms with Crippen LogP contribution in [0.4, 0.5) is 14.0 Å². The molecule has 164 valence electrons. The van der Waals surface area contributed by atoms with Gasteiger partial charge in [0.05, 0.1) is 6.61 Å². The molecule has 1 aliphatic carbocycles. The Hall–Kier alpha value is -2.61. The van der Waals surface area contributed by atoms with Crippen molar-refractivity contribution >= 4 is 12.1 Å². The number of benzene rings is 1. The van der Waals surface area contributed by atoms with Crippen molar-refractivity contribution in [3.63, 3.8) is 0 Å². The van der Waals surface area contributed by atoms with Gasteiger partial charge in [0.1, 0.15) is 6.17 Å². The minimum Gasteiger partial charge on any atom is -0.490 e. The van der Waals surface area contributed by atoms with Crippen LogP contribution in [0.25, 0.3) is 0 Å². The van der Waals surface area contributed by atoms with Gasteiger partial charge in [0.2, 0.25) is 0 Å². The molecule has 0 spiro atoms. The first-order valence-electron chi connectivity index (χ1n) is 10.7. The first-order chi connectivity index (χ1) is 14.5. The summed E-state index contributed by atoms with van der Waals surface area (Å²) in [5.74, 6) is 0.635. The van der Waals surface area contributed by atoms with Crippen LogP contribution < -0.4 is 26.0 Å². The van der Waals surface area contributed by atoms with Gasteiger partial charge >= 0.3 is 12.1 Å².